The predicted octanol–water partition coefficient (Wildman–Crippen LogP) is 6.91. The molecule has 5 rings (SSSR count). The third-order valence-electron chi connectivity index (χ3n) is 7.39. The van der Waals surface area contributed by atoms with Crippen molar-refractivity contribution in [2.75, 3.05) is 50.8 Å². The number of halogens is 3. The molecule has 0 amide bonds. The molecule has 3 aromatic carbocycles. The molecule has 0 unspecified atom stereocenters. The van der Waals surface area contributed by atoms with Gasteiger partial charge in [0, 0.05) is 78.8 Å². The van der Waals surface area contributed by atoms with E-state index in [0.29, 0.717) is 35.4 Å². The lowest BCUT2D eigenvalue weighted by atomic mass is 10.1. The third kappa shape index (κ3) is 8.13. The lowest BCUT2D eigenvalue weighted by Gasteiger charge is -2.38. The second kappa shape index (κ2) is 15.3. The smallest absolute Gasteiger partial charge is 0.311 e. The highest BCUT2D eigenvalue weighted by atomic mass is 79.9. The van der Waals surface area contributed by atoms with Gasteiger partial charge in [-0.05, 0) is 60.5 Å². The van der Waals surface area contributed by atoms with Crippen LogP contribution in [0.5, 0.6) is 5.75 Å². The van der Waals surface area contributed by atoms with E-state index >= 15 is 0 Å². The zero-order valence-electron chi connectivity index (χ0n) is 23.9. The van der Waals surface area contributed by atoms with Gasteiger partial charge in [-0.2, -0.15) is 0 Å². The second-order valence-electron chi connectivity index (χ2n) is 10.0. The van der Waals surface area contributed by atoms with Gasteiger partial charge in [0.05, 0.1) is 11.5 Å². The maximum absolute atomic E-state index is 11.4. The van der Waals surface area contributed by atoms with Crippen molar-refractivity contribution >= 4 is 68.4 Å². The molecule has 1 fully saturated rings. The van der Waals surface area contributed by atoms with E-state index in [-0.39, 0.29) is 22.7 Å². The molecule has 228 valence electrons. The molecule has 0 spiro atoms. The van der Waals surface area contributed by atoms with Crippen LogP contribution in [0.1, 0.15) is 18.1 Å². The monoisotopic (exact) mass is 688 g/mol. The summed E-state index contributed by atoms with van der Waals surface area (Å²) in [5.74, 6) is 1.15. The summed E-state index contributed by atoms with van der Waals surface area (Å²) in [6.45, 7) is 6.49. The number of piperazine rings is 1. The Morgan fingerprint density at radius 2 is 1.86 bits per heavy atom. The van der Waals surface area contributed by atoms with Gasteiger partial charge in [-0.25, -0.2) is 0 Å². The van der Waals surface area contributed by atoms with Gasteiger partial charge < -0.3 is 24.8 Å². The number of ether oxygens (including phenoxy) is 1. The van der Waals surface area contributed by atoms with Crippen LogP contribution in [0.4, 0.5) is 11.4 Å². The topological polar surface area (TPSA) is 99.0 Å². The minimum absolute atomic E-state index is 0. The molecular formula is C31H35BrCl2N6O3. The molecule has 0 atom stereocenters. The summed E-state index contributed by atoms with van der Waals surface area (Å²) in [5, 5.41) is 17.5. The average Bonchev–Trinajstić information content (AvgIpc) is 3.47. The minimum atomic E-state index is -0.408. The number of hydrogen-bond donors (Lipinski definition) is 2. The molecule has 0 aliphatic carbocycles. The van der Waals surface area contributed by atoms with Crippen molar-refractivity contribution in [1.29, 1.82) is 0 Å². The van der Waals surface area contributed by atoms with E-state index in [2.05, 4.69) is 44.4 Å². The van der Waals surface area contributed by atoms with E-state index in [4.69, 9.17) is 32.9 Å². The van der Waals surface area contributed by atoms with E-state index in [1.807, 2.05) is 25.3 Å². The SMILES string of the molecule is Br.CCOc1cc(N2CCN(C(=NCCc3ccc(Cl)cc3Cl)NCCc3cccc4cc[nH]c34)CC2)ccc1[N+](=O)[O-]. The number of aliphatic imine (C=N–C) groups is 1. The van der Waals surface area contributed by atoms with Crippen LogP contribution in [0, 0.1) is 10.1 Å². The summed E-state index contributed by atoms with van der Waals surface area (Å²) in [7, 11) is 0. The number of nitro groups is 1. The van der Waals surface area contributed by atoms with Crippen molar-refractivity contribution in [3.8, 4) is 5.75 Å². The number of nitrogens with one attached hydrogen (secondary N) is 2. The van der Waals surface area contributed by atoms with Crippen molar-refractivity contribution in [2.24, 2.45) is 4.99 Å². The number of para-hydroxylation sites is 1. The maximum Gasteiger partial charge on any atom is 0.311 e. The van der Waals surface area contributed by atoms with Crippen LogP contribution in [0.2, 0.25) is 10.0 Å². The number of fused-ring (bicyclic) bond motifs is 1. The number of hydrogen-bond acceptors (Lipinski definition) is 5. The minimum Gasteiger partial charge on any atom is -0.487 e. The number of nitro benzene ring substituents is 1. The number of anilines is 1. The lowest BCUT2D eigenvalue weighted by molar-refractivity contribution is -0.385. The molecule has 0 bridgehead atoms. The van der Waals surface area contributed by atoms with Crippen LogP contribution < -0.4 is 15.0 Å². The number of aromatic amines is 1. The second-order valence-corrected chi connectivity index (χ2v) is 10.9. The standard InChI is InChI=1S/C31H34Cl2N6O3.BrH/c1-2-42-29-21-26(8-9-28(29)39(40)41)37-16-18-38(19-17-37)31(35-14-10-22-6-7-25(32)20-27(22)33)36-15-12-24-5-3-4-23-11-13-34-30(23)24;/h3-9,11,13,20-21,34H,2,10,12,14-19H2,1H3,(H,35,36);1H. The van der Waals surface area contributed by atoms with Crippen LogP contribution in [0.3, 0.4) is 0 Å². The summed E-state index contributed by atoms with van der Waals surface area (Å²) in [4.78, 5) is 23.8. The van der Waals surface area contributed by atoms with Crippen LogP contribution in [0.25, 0.3) is 10.9 Å². The number of rotatable bonds is 10. The first kappa shape index (κ1) is 32.4. The van der Waals surface area contributed by atoms with Gasteiger partial charge in [0.1, 0.15) is 0 Å². The van der Waals surface area contributed by atoms with Crippen molar-refractivity contribution in [2.45, 2.75) is 19.8 Å². The van der Waals surface area contributed by atoms with Gasteiger partial charge in [-0.3, -0.25) is 15.1 Å². The molecule has 1 aliphatic rings. The lowest BCUT2D eigenvalue weighted by Crippen LogP contribution is -2.53. The quantitative estimate of drug-likeness (QED) is 0.0813. The molecule has 43 heavy (non-hydrogen) atoms. The zero-order chi connectivity index (χ0) is 29.5. The molecular weight excluding hydrogens is 655 g/mol. The van der Waals surface area contributed by atoms with Crippen molar-refractivity contribution < 1.29 is 9.66 Å². The number of guanidine groups is 1. The first-order valence-electron chi connectivity index (χ1n) is 14.1. The fourth-order valence-electron chi connectivity index (χ4n) is 5.24. The number of benzene rings is 3. The molecule has 1 saturated heterocycles. The average molecular weight is 690 g/mol. The van der Waals surface area contributed by atoms with Gasteiger partial charge in [0.2, 0.25) is 0 Å². The first-order chi connectivity index (χ1) is 20.4. The van der Waals surface area contributed by atoms with E-state index < -0.39 is 4.92 Å². The zero-order valence-corrected chi connectivity index (χ0v) is 27.1. The Bertz CT molecular complexity index is 1570. The Hall–Kier alpha value is -3.47. The predicted molar refractivity (Wildman–Crippen MR) is 181 cm³/mol. The van der Waals surface area contributed by atoms with Gasteiger partial charge >= 0.3 is 5.69 Å². The molecule has 1 aromatic heterocycles. The highest BCUT2D eigenvalue weighted by Crippen LogP contribution is 2.32. The van der Waals surface area contributed by atoms with Gasteiger partial charge in [-0.15, -0.1) is 17.0 Å². The molecule has 9 nitrogen and oxygen atoms in total. The van der Waals surface area contributed by atoms with E-state index in [1.54, 1.807) is 18.2 Å². The van der Waals surface area contributed by atoms with Crippen molar-refractivity contribution in [1.82, 2.24) is 15.2 Å². The maximum atomic E-state index is 11.4. The summed E-state index contributed by atoms with van der Waals surface area (Å²) in [6.07, 6.45) is 3.52. The molecule has 2 heterocycles. The van der Waals surface area contributed by atoms with Crippen LogP contribution in [-0.2, 0) is 12.8 Å². The highest BCUT2D eigenvalue weighted by molar-refractivity contribution is 8.93. The van der Waals surface area contributed by atoms with E-state index in [1.165, 1.54) is 22.5 Å². The highest BCUT2D eigenvalue weighted by Gasteiger charge is 2.23. The van der Waals surface area contributed by atoms with Crippen LogP contribution >= 0.6 is 40.2 Å². The summed E-state index contributed by atoms with van der Waals surface area (Å²) >= 11 is 12.5. The molecule has 0 saturated carbocycles. The van der Waals surface area contributed by atoms with Crippen molar-refractivity contribution in [3.05, 3.63) is 98.1 Å². The molecule has 12 heteroatoms. The number of nitrogens with zero attached hydrogens (tertiary/aromatic N) is 4. The number of aromatic nitrogens is 1. The Kier molecular flexibility index (Phi) is 11.6. The Morgan fingerprint density at radius 1 is 1.05 bits per heavy atom. The van der Waals surface area contributed by atoms with E-state index in [9.17, 15) is 10.1 Å². The fraction of sp³-hybridized carbons (Fsp3) is 0.323. The summed E-state index contributed by atoms with van der Waals surface area (Å²) in [5.41, 5.74) is 4.32. The van der Waals surface area contributed by atoms with Gasteiger partial charge in [0.25, 0.3) is 0 Å². The summed E-state index contributed by atoms with van der Waals surface area (Å²) < 4.78 is 5.56. The molecule has 0 radical (unpaired) electrons. The van der Waals surface area contributed by atoms with Crippen LogP contribution in [-0.4, -0.2) is 66.6 Å². The Labute approximate surface area is 271 Å². The Balaban J connectivity index is 0.00000423. The van der Waals surface area contributed by atoms with Gasteiger partial charge in [-0.1, -0.05) is 47.5 Å². The molecule has 4 aromatic rings. The third-order valence-corrected chi connectivity index (χ3v) is 7.98. The molecule has 1 aliphatic heterocycles. The number of H-pyrrole nitrogens is 1. The van der Waals surface area contributed by atoms with Crippen molar-refractivity contribution in [3.63, 3.8) is 0 Å². The largest absolute Gasteiger partial charge is 0.487 e. The van der Waals surface area contributed by atoms with E-state index in [0.717, 1.165) is 56.4 Å². The normalized spacial score (nSPS) is 13.6. The summed E-state index contributed by atoms with van der Waals surface area (Å²) in [6, 6.07) is 19.1. The first-order valence-corrected chi connectivity index (χ1v) is 14.9. The van der Waals surface area contributed by atoms with Gasteiger partial charge in [0.15, 0.2) is 11.7 Å². The Morgan fingerprint density at radius 3 is 2.60 bits per heavy atom. The molecule has 2 N–H and O–H groups in total. The van der Waals surface area contributed by atoms with Crippen LogP contribution in [0.15, 0.2) is 71.9 Å². The fourth-order valence-corrected chi connectivity index (χ4v) is 5.74.